The lowest BCUT2D eigenvalue weighted by molar-refractivity contribution is 0.208. The lowest BCUT2D eigenvalue weighted by atomic mass is 10.1. The zero-order valence-electron chi connectivity index (χ0n) is 15.5. The van der Waals surface area contributed by atoms with E-state index in [4.69, 9.17) is 16.3 Å². The van der Waals surface area contributed by atoms with Gasteiger partial charge in [0.1, 0.15) is 11.9 Å². The van der Waals surface area contributed by atoms with Gasteiger partial charge in [0.05, 0.1) is 7.11 Å². The summed E-state index contributed by atoms with van der Waals surface area (Å²) in [5.74, 6) is 0.960. The zero-order valence-corrected chi connectivity index (χ0v) is 16.2. The first-order chi connectivity index (χ1) is 13.2. The number of nitrogens with zero attached hydrogens (tertiary/aromatic N) is 1. The summed E-state index contributed by atoms with van der Waals surface area (Å²) < 4.78 is 5.39. The lowest BCUT2D eigenvalue weighted by Crippen LogP contribution is -2.42. The fraction of sp³-hybridized carbons (Fsp3) is 0.364. The van der Waals surface area contributed by atoms with E-state index in [1.807, 2.05) is 18.2 Å². The van der Waals surface area contributed by atoms with Crippen molar-refractivity contribution in [1.82, 2.24) is 15.5 Å². The molecule has 2 aliphatic heterocycles. The number of nitrogens with one attached hydrogen (secondary N) is 2. The Morgan fingerprint density at radius 2 is 1.85 bits per heavy atom. The molecule has 0 aromatic heterocycles. The molecular formula is C22H24ClN3O. The normalized spacial score (nSPS) is 24.2. The van der Waals surface area contributed by atoms with Crippen LogP contribution in [0, 0.1) is 0 Å². The van der Waals surface area contributed by atoms with Crippen LogP contribution in [0.1, 0.15) is 29.3 Å². The van der Waals surface area contributed by atoms with Crippen molar-refractivity contribution in [2.24, 2.45) is 0 Å². The minimum atomic E-state index is 0.0775. The Bertz CT molecular complexity index is 910. The van der Waals surface area contributed by atoms with Gasteiger partial charge in [-0.3, -0.25) is 4.90 Å². The second-order valence-electron chi connectivity index (χ2n) is 7.62. The summed E-state index contributed by atoms with van der Waals surface area (Å²) in [5.41, 5.74) is 6.67. The molecule has 0 bridgehead atoms. The number of benzene rings is 2. The lowest BCUT2D eigenvalue weighted by Gasteiger charge is -2.32. The molecule has 0 saturated heterocycles. The van der Waals surface area contributed by atoms with Crippen LogP contribution in [0.25, 0.3) is 0 Å². The maximum Gasteiger partial charge on any atom is 0.124 e. The quantitative estimate of drug-likeness (QED) is 0.851. The molecular weight excluding hydrogens is 358 g/mol. The molecule has 4 nitrogen and oxygen atoms in total. The maximum atomic E-state index is 6.39. The van der Waals surface area contributed by atoms with Gasteiger partial charge in [-0.1, -0.05) is 35.9 Å². The first-order valence-electron chi connectivity index (χ1n) is 9.60. The van der Waals surface area contributed by atoms with Gasteiger partial charge in [0.25, 0.3) is 0 Å². The molecule has 0 spiro atoms. The van der Waals surface area contributed by atoms with Crippen molar-refractivity contribution in [3.8, 4) is 5.75 Å². The molecule has 0 radical (unpaired) electrons. The highest BCUT2D eigenvalue weighted by atomic mass is 35.5. The molecule has 2 heterocycles. The minimum absolute atomic E-state index is 0.0775. The second-order valence-corrected chi connectivity index (χ2v) is 8.02. The number of halogens is 1. The van der Waals surface area contributed by atoms with Crippen LogP contribution in [0.3, 0.4) is 0 Å². The van der Waals surface area contributed by atoms with Crippen molar-refractivity contribution in [3.05, 3.63) is 75.6 Å². The summed E-state index contributed by atoms with van der Waals surface area (Å²) in [7, 11) is 1.74. The first-order valence-corrected chi connectivity index (χ1v) is 9.98. The molecule has 2 N–H and O–H groups in total. The number of hydrogen-bond donors (Lipinski definition) is 2. The van der Waals surface area contributed by atoms with E-state index >= 15 is 0 Å². The Morgan fingerprint density at radius 1 is 1.04 bits per heavy atom. The summed E-state index contributed by atoms with van der Waals surface area (Å²) in [5, 5.41) is 8.10. The van der Waals surface area contributed by atoms with Crippen LogP contribution in [-0.2, 0) is 12.8 Å². The Kier molecular flexibility index (Phi) is 4.25. The van der Waals surface area contributed by atoms with Gasteiger partial charge in [-0.15, -0.1) is 0 Å². The van der Waals surface area contributed by atoms with Gasteiger partial charge in [-0.05, 0) is 42.2 Å². The fourth-order valence-corrected chi connectivity index (χ4v) is 4.84. The monoisotopic (exact) mass is 381 g/mol. The Labute approximate surface area is 165 Å². The largest absolute Gasteiger partial charge is 0.497 e. The predicted octanol–water partition coefficient (Wildman–Crippen LogP) is 3.62. The smallest absolute Gasteiger partial charge is 0.124 e. The van der Waals surface area contributed by atoms with Gasteiger partial charge in [0.2, 0.25) is 0 Å². The first kappa shape index (κ1) is 17.0. The fourth-order valence-electron chi connectivity index (χ4n) is 4.59. The van der Waals surface area contributed by atoms with Crippen LogP contribution in [-0.4, -0.2) is 31.1 Å². The summed E-state index contributed by atoms with van der Waals surface area (Å²) in [4.78, 5) is 2.62. The van der Waals surface area contributed by atoms with Gasteiger partial charge in [-0.25, -0.2) is 0 Å². The van der Waals surface area contributed by atoms with Gasteiger partial charge in [0, 0.05) is 47.5 Å². The Hall–Kier alpha value is -2.17. The number of ether oxygens (including phenoxy) is 1. The Morgan fingerprint density at radius 3 is 2.70 bits per heavy atom. The summed E-state index contributed by atoms with van der Waals surface area (Å²) >= 11 is 6.39. The minimum Gasteiger partial charge on any atom is -0.497 e. The van der Waals surface area contributed by atoms with Gasteiger partial charge < -0.3 is 15.4 Å². The van der Waals surface area contributed by atoms with E-state index < -0.39 is 0 Å². The van der Waals surface area contributed by atoms with E-state index in [1.54, 1.807) is 7.11 Å². The van der Waals surface area contributed by atoms with Gasteiger partial charge in [0.15, 0.2) is 0 Å². The van der Waals surface area contributed by atoms with Crippen LogP contribution in [0.5, 0.6) is 5.75 Å². The number of hydrogen-bond acceptors (Lipinski definition) is 4. The molecule has 5 heteroatoms. The summed E-state index contributed by atoms with van der Waals surface area (Å²) in [6.07, 6.45) is 3.37. The molecule has 140 valence electrons. The van der Waals surface area contributed by atoms with Crippen LogP contribution in [0.4, 0.5) is 0 Å². The maximum absolute atomic E-state index is 6.39. The average Bonchev–Trinajstić information content (AvgIpc) is 3.30. The zero-order chi connectivity index (χ0) is 18.4. The summed E-state index contributed by atoms with van der Waals surface area (Å²) in [6.45, 7) is 2.07. The molecule has 1 aliphatic carbocycles. The van der Waals surface area contributed by atoms with E-state index in [9.17, 15) is 0 Å². The SMILES string of the molecule is COc1ccc2c(c1)CC(N1CCC3=C(C1)NC(c1ccccc1Cl)N3)C2. The molecule has 0 saturated carbocycles. The predicted molar refractivity (Wildman–Crippen MR) is 108 cm³/mol. The van der Waals surface area contributed by atoms with E-state index in [2.05, 4.69) is 39.8 Å². The molecule has 2 aromatic rings. The van der Waals surface area contributed by atoms with Gasteiger partial charge in [-0.2, -0.15) is 0 Å². The topological polar surface area (TPSA) is 36.5 Å². The third-order valence-corrected chi connectivity index (χ3v) is 6.41. The third kappa shape index (κ3) is 3.07. The molecule has 2 unspecified atom stereocenters. The van der Waals surface area contributed by atoms with Crippen LogP contribution < -0.4 is 15.4 Å². The van der Waals surface area contributed by atoms with Crippen molar-refractivity contribution in [3.63, 3.8) is 0 Å². The van der Waals surface area contributed by atoms with Crippen molar-refractivity contribution >= 4 is 11.6 Å². The third-order valence-electron chi connectivity index (χ3n) is 6.07. The van der Waals surface area contributed by atoms with E-state index in [-0.39, 0.29) is 6.17 Å². The van der Waals surface area contributed by atoms with Gasteiger partial charge >= 0.3 is 0 Å². The van der Waals surface area contributed by atoms with Crippen molar-refractivity contribution in [1.29, 1.82) is 0 Å². The van der Waals surface area contributed by atoms with Crippen molar-refractivity contribution in [2.75, 3.05) is 20.2 Å². The Balaban J connectivity index is 1.28. The molecule has 5 rings (SSSR count). The molecule has 2 aromatic carbocycles. The molecule has 0 amide bonds. The number of fused-ring (bicyclic) bond motifs is 1. The number of rotatable bonds is 3. The van der Waals surface area contributed by atoms with E-state index in [1.165, 1.54) is 22.5 Å². The van der Waals surface area contributed by atoms with Crippen molar-refractivity contribution < 1.29 is 4.74 Å². The van der Waals surface area contributed by atoms with Crippen LogP contribution in [0.15, 0.2) is 53.9 Å². The van der Waals surface area contributed by atoms with Crippen molar-refractivity contribution in [2.45, 2.75) is 31.5 Å². The van der Waals surface area contributed by atoms with Crippen LogP contribution in [0.2, 0.25) is 5.02 Å². The molecule has 0 fully saturated rings. The molecule has 2 atom stereocenters. The highest BCUT2D eigenvalue weighted by Gasteiger charge is 2.34. The molecule has 27 heavy (non-hydrogen) atoms. The molecule has 3 aliphatic rings. The highest BCUT2D eigenvalue weighted by molar-refractivity contribution is 6.31. The van der Waals surface area contributed by atoms with E-state index in [0.29, 0.717) is 6.04 Å². The average molecular weight is 382 g/mol. The number of methoxy groups -OCH3 is 1. The van der Waals surface area contributed by atoms with E-state index in [0.717, 1.165) is 48.7 Å². The summed E-state index contributed by atoms with van der Waals surface area (Å²) in [6, 6.07) is 15.1. The van der Waals surface area contributed by atoms with Crippen LogP contribution >= 0.6 is 11.6 Å². The highest BCUT2D eigenvalue weighted by Crippen LogP contribution is 2.33. The standard InChI is InChI=1S/C22H24ClN3O/c1-27-17-7-6-14-10-16(11-15(14)12-17)26-9-8-20-21(13-26)25-22(24-20)18-4-2-3-5-19(18)23/h2-7,12,16,22,24-25H,8-11,13H2,1H3. The second kappa shape index (κ2) is 6.77.